The van der Waals surface area contributed by atoms with E-state index in [1.54, 1.807) is 11.3 Å². The molecule has 1 nitrogen and oxygen atoms in total. The summed E-state index contributed by atoms with van der Waals surface area (Å²) in [5.74, 6) is 0. The van der Waals surface area contributed by atoms with Gasteiger partial charge in [-0.2, -0.15) is 11.3 Å². The van der Waals surface area contributed by atoms with Gasteiger partial charge in [-0.3, -0.25) is 0 Å². The Labute approximate surface area is 72.2 Å². The van der Waals surface area contributed by atoms with Gasteiger partial charge >= 0.3 is 0 Å². The summed E-state index contributed by atoms with van der Waals surface area (Å²) >= 11 is 1.75. The summed E-state index contributed by atoms with van der Waals surface area (Å²) in [4.78, 5) is 0. The minimum atomic E-state index is 0.259. The lowest BCUT2D eigenvalue weighted by Crippen LogP contribution is -2.20. The van der Waals surface area contributed by atoms with Crippen molar-refractivity contribution in [2.45, 2.75) is 25.7 Å². The van der Waals surface area contributed by atoms with Gasteiger partial charge in [-0.25, -0.2) is 0 Å². The molecule has 2 N–H and O–H groups in total. The summed E-state index contributed by atoms with van der Waals surface area (Å²) in [5, 5.41) is 4.32. The summed E-state index contributed by atoms with van der Waals surface area (Å²) in [6.07, 6.45) is 1.06. The maximum atomic E-state index is 5.52. The van der Waals surface area contributed by atoms with Crippen molar-refractivity contribution in [1.29, 1.82) is 0 Å². The average Bonchev–Trinajstić information content (AvgIpc) is 2.37. The zero-order chi connectivity index (χ0) is 8.32. The fraction of sp³-hybridized carbons (Fsp3) is 0.556. The number of nitrogens with two attached hydrogens (primary N) is 1. The second kappa shape index (κ2) is 3.37. The molecule has 0 aliphatic rings. The predicted octanol–water partition coefficient (Wildman–Crippen LogP) is 2.37. The van der Waals surface area contributed by atoms with Crippen LogP contribution in [0.15, 0.2) is 16.8 Å². The second-order valence-corrected chi connectivity index (χ2v) is 4.21. The summed E-state index contributed by atoms with van der Waals surface area (Å²) < 4.78 is 0. The molecule has 0 fully saturated rings. The van der Waals surface area contributed by atoms with Crippen molar-refractivity contribution in [1.82, 2.24) is 0 Å². The highest BCUT2D eigenvalue weighted by atomic mass is 32.1. The zero-order valence-electron chi connectivity index (χ0n) is 7.13. The molecule has 1 aromatic rings. The lowest BCUT2D eigenvalue weighted by atomic mass is 9.83. The molecule has 11 heavy (non-hydrogen) atoms. The van der Waals surface area contributed by atoms with E-state index in [0.717, 1.165) is 13.0 Å². The Morgan fingerprint density at radius 3 is 2.73 bits per heavy atom. The molecule has 0 bridgehead atoms. The molecule has 0 saturated heterocycles. The molecule has 2 heteroatoms. The molecule has 0 radical (unpaired) electrons. The Balaban J connectivity index is 2.73. The van der Waals surface area contributed by atoms with Crippen LogP contribution in [0.1, 0.15) is 25.8 Å². The Bertz CT molecular complexity index is 201. The van der Waals surface area contributed by atoms with Crippen LogP contribution in [0.2, 0.25) is 0 Å². The van der Waals surface area contributed by atoms with Crippen molar-refractivity contribution in [2.24, 2.45) is 5.73 Å². The van der Waals surface area contributed by atoms with Gasteiger partial charge in [0.2, 0.25) is 0 Å². The van der Waals surface area contributed by atoms with E-state index in [0.29, 0.717) is 0 Å². The molecular weight excluding hydrogens is 154 g/mol. The Hall–Kier alpha value is -0.340. The zero-order valence-corrected chi connectivity index (χ0v) is 7.95. The van der Waals surface area contributed by atoms with Crippen molar-refractivity contribution in [2.75, 3.05) is 6.54 Å². The van der Waals surface area contributed by atoms with Crippen LogP contribution < -0.4 is 5.73 Å². The van der Waals surface area contributed by atoms with Crippen LogP contribution in [-0.2, 0) is 5.41 Å². The van der Waals surface area contributed by atoms with E-state index in [1.807, 2.05) is 0 Å². The van der Waals surface area contributed by atoms with Gasteiger partial charge < -0.3 is 5.73 Å². The van der Waals surface area contributed by atoms with E-state index in [9.17, 15) is 0 Å². The number of hydrogen-bond acceptors (Lipinski definition) is 2. The molecule has 0 atom stereocenters. The van der Waals surface area contributed by atoms with Gasteiger partial charge in [0, 0.05) is 0 Å². The van der Waals surface area contributed by atoms with Crippen LogP contribution in [0, 0.1) is 0 Å². The fourth-order valence-corrected chi connectivity index (χ4v) is 2.00. The van der Waals surface area contributed by atoms with Crippen molar-refractivity contribution in [3.8, 4) is 0 Å². The maximum Gasteiger partial charge on any atom is -0.00558 e. The number of thiophene rings is 1. The molecular formula is C9H15NS. The fourth-order valence-electron chi connectivity index (χ4n) is 1.15. The van der Waals surface area contributed by atoms with Crippen LogP contribution in [-0.4, -0.2) is 6.54 Å². The molecule has 0 aliphatic carbocycles. The summed E-state index contributed by atoms with van der Waals surface area (Å²) in [5.41, 5.74) is 7.19. The van der Waals surface area contributed by atoms with Crippen molar-refractivity contribution in [3.63, 3.8) is 0 Å². The SMILES string of the molecule is CC(C)(CCN)c1ccsc1. The van der Waals surface area contributed by atoms with E-state index >= 15 is 0 Å². The van der Waals surface area contributed by atoms with Crippen molar-refractivity contribution >= 4 is 11.3 Å². The van der Waals surface area contributed by atoms with E-state index < -0.39 is 0 Å². The quantitative estimate of drug-likeness (QED) is 0.738. The van der Waals surface area contributed by atoms with Crippen LogP contribution in [0.3, 0.4) is 0 Å². The molecule has 0 aromatic carbocycles. The van der Waals surface area contributed by atoms with Crippen molar-refractivity contribution < 1.29 is 0 Å². The van der Waals surface area contributed by atoms with Crippen LogP contribution in [0.4, 0.5) is 0 Å². The van der Waals surface area contributed by atoms with E-state index in [4.69, 9.17) is 5.73 Å². The van der Waals surface area contributed by atoms with E-state index in [-0.39, 0.29) is 5.41 Å². The highest BCUT2D eigenvalue weighted by molar-refractivity contribution is 7.08. The number of rotatable bonds is 3. The van der Waals surface area contributed by atoms with Gasteiger partial charge in [-0.15, -0.1) is 0 Å². The molecule has 0 saturated carbocycles. The van der Waals surface area contributed by atoms with Gasteiger partial charge in [0.25, 0.3) is 0 Å². The Morgan fingerprint density at radius 1 is 1.55 bits per heavy atom. The van der Waals surface area contributed by atoms with Gasteiger partial charge in [-0.05, 0) is 40.8 Å². The molecule has 0 spiro atoms. The summed E-state index contributed by atoms with van der Waals surface area (Å²) in [6, 6.07) is 2.18. The van der Waals surface area contributed by atoms with Gasteiger partial charge in [0.15, 0.2) is 0 Å². The first kappa shape index (κ1) is 8.75. The summed E-state index contributed by atoms with van der Waals surface area (Å²) in [6.45, 7) is 5.24. The second-order valence-electron chi connectivity index (χ2n) is 3.43. The highest BCUT2D eigenvalue weighted by Crippen LogP contribution is 2.27. The van der Waals surface area contributed by atoms with Crippen LogP contribution in [0.5, 0.6) is 0 Å². The van der Waals surface area contributed by atoms with E-state index in [1.165, 1.54) is 5.56 Å². The third kappa shape index (κ3) is 2.04. The monoisotopic (exact) mass is 169 g/mol. The molecule has 1 rings (SSSR count). The first-order chi connectivity index (χ1) is 5.17. The van der Waals surface area contributed by atoms with Gasteiger partial charge in [0.1, 0.15) is 0 Å². The molecule has 0 amide bonds. The van der Waals surface area contributed by atoms with Gasteiger partial charge in [0.05, 0.1) is 0 Å². The van der Waals surface area contributed by atoms with Gasteiger partial charge in [-0.1, -0.05) is 13.8 Å². The third-order valence-corrected chi connectivity index (χ3v) is 2.76. The summed E-state index contributed by atoms with van der Waals surface area (Å²) in [7, 11) is 0. The third-order valence-electron chi connectivity index (χ3n) is 2.07. The minimum absolute atomic E-state index is 0.259. The standard InChI is InChI=1S/C9H15NS/c1-9(2,4-5-10)8-3-6-11-7-8/h3,6-7H,4-5,10H2,1-2H3. The molecule has 0 aliphatic heterocycles. The van der Waals surface area contributed by atoms with Crippen molar-refractivity contribution in [3.05, 3.63) is 22.4 Å². The Morgan fingerprint density at radius 2 is 2.27 bits per heavy atom. The molecule has 1 heterocycles. The Kier molecular flexibility index (Phi) is 2.68. The largest absolute Gasteiger partial charge is 0.330 e. The highest BCUT2D eigenvalue weighted by Gasteiger charge is 2.19. The van der Waals surface area contributed by atoms with Crippen LogP contribution >= 0.6 is 11.3 Å². The smallest absolute Gasteiger partial charge is 0.00558 e. The first-order valence-electron chi connectivity index (χ1n) is 3.89. The number of hydrogen-bond donors (Lipinski definition) is 1. The lowest BCUT2D eigenvalue weighted by molar-refractivity contribution is 0.489. The maximum absolute atomic E-state index is 5.52. The predicted molar refractivity (Wildman–Crippen MR) is 51.0 cm³/mol. The average molecular weight is 169 g/mol. The van der Waals surface area contributed by atoms with E-state index in [2.05, 4.69) is 30.7 Å². The minimum Gasteiger partial charge on any atom is -0.330 e. The first-order valence-corrected chi connectivity index (χ1v) is 4.84. The van der Waals surface area contributed by atoms with Crippen LogP contribution in [0.25, 0.3) is 0 Å². The molecule has 62 valence electrons. The normalized spacial score (nSPS) is 11.9. The molecule has 0 unspecified atom stereocenters. The lowest BCUT2D eigenvalue weighted by Gasteiger charge is -2.22. The molecule has 1 aromatic heterocycles. The topological polar surface area (TPSA) is 26.0 Å².